The van der Waals surface area contributed by atoms with Crippen molar-refractivity contribution in [3.63, 3.8) is 0 Å². The quantitative estimate of drug-likeness (QED) is 0.728. The van der Waals surface area contributed by atoms with Gasteiger partial charge in [-0.2, -0.15) is 4.31 Å². The van der Waals surface area contributed by atoms with Gasteiger partial charge in [0.05, 0.1) is 24.3 Å². The molecule has 2 bridgehead atoms. The van der Waals surface area contributed by atoms with Gasteiger partial charge in [-0.25, -0.2) is 13.4 Å². The third-order valence-corrected chi connectivity index (χ3v) is 8.33. The average Bonchev–Trinajstić information content (AvgIpc) is 3.16. The van der Waals surface area contributed by atoms with Gasteiger partial charge in [-0.15, -0.1) is 11.3 Å². The van der Waals surface area contributed by atoms with Crippen molar-refractivity contribution >= 4 is 27.3 Å². The Balaban J connectivity index is 1.58. The lowest BCUT2D eigenvalue weighted by molar-refractivity contribution is -0.0982. The van der Waals surface area contributed by atoms with Crippen LogP contribution in [0, 0.1) is 6.92 Å². The molecular formula is C15H21N3O5S2. The minimum Gasteiger partial charge on any atom is -0.383 e. The molecule has 0 N–H and O–H groups in total. The van der Waals surface area contributed by atoms with E-state index >= 15 is 0 Å². The third kappa shape index (κ3) is 2.71. The van der Waals surface area contributed by atoms with Crippen LogP contribution in [0.3, 0.4) is 0 Å². The van der Waals surface area contributed by atoms with Crippen molar-refractivity contribution in [1.82, 2.24) is 14.2 Å². The van der Waals surface area contributed by atoms with E-state index in [1.54, 1.807) is 17.4 Å². The number of aromatic nitrogens is 1. The Labute approximate surface area is 150 Å². The molecule has 138 valence electrons. The maximum Gasteiger partial charge on any atom is 0.273 e. The van der Waals surface area contributed by atoms with Crippen LogP contribution in [0.1, 0.15) is 21.9 Å². The normalized spacial score (nSPS) is 33.6. The highest BCUT2D eigenvalue weighted by Crippen LogP contribution is 2.46. The Kier molecular flexibility index (Phi) is 4.15. The van der Waals surface area contributed by atoms with Crippen molar-refractivity contribution in [3.05, 3.63) is 16.1 Å². The molecule has 4 rings (SSSR count). The summed E-state index contributed by atoms with van der Waals surface area (Å²) in [5.74, 6) is -0.148. The predicted molar refractivity (Wildman–Crippen MR) is 91.1 cm³/mol. The number of rotatable bonds is 4. The number of nitrogens with zero attached hydrogens (tertiary/aromatic N) is 3. The van der Waals surface area contributed by atoms with E-state index in [9.17, 15) is 13.2 Å². The van der Waals surface area contributed by atoms with Crippen molar-refractivity contribution in [2.75, 3.05) is 39.9 Å². The molecular weight excluding hydrogens is 366 g/mol. The number of amides is 1. The summed E-state index contributed by atoms with van der Waals surface area (Å²) in [6.07, 6.45) is 0.202. The van der Waals surface area contributed by atoms with Crippen LogP contribution >= 0.6 is 11.3 Å². The summed E-state index contributed by atoms with van der Waals surface area (Å²) >= 11 is 1.43. The second-order valence-electron chi connectivity index (χ2n) is 6.84. The summed E-state index contributed by atoms with van der Waals surface area (Å²) in [6, 6.07) is 0. The van der Waals surface area contributed by atoms with E-state index in [1.807, 2.05) is 6.92 Å². The zero-order valence-electron chi connectivity index (χ0n) is 14.2. The number of likely N-dealkylation sites (tertiary alicyclic amines) is 1. The number of methoxy groups -OCH3 is 1. The van der Waals surface area contributed by atoms with E-state index in [4.69, 9.17) is 9.47 Å². The summed E-state index contributed by atoms with van der Waals surface area (Å²) in [4.78, 5) is 18.7. The number of ether oxygens (including phenoxy) is 2. The van der Waals surface area contributed by atoms with Gasteiger partial charge in [-0.1, -0.05) is 0 Å². The highest BCUT2D eigenvalue weighted by atomic mass is 32.2. The van der Waals surface area contributed by atoms with Gasteiger partial charge in [0.25, 0.3) is 5.91 Å². The van der Waals surface area contributed by atoms with Crippen LogP contribution in [0.2, 0.25) is 0 Å². The fraction of sp³-hybridized carbons (Fsp3) is 0.733. The van der Waals surface area contributed by atoms with E-state index in [1.165, 1.54) is 15.6 Å². The van der Waals surface area contributed by atoms with Crippen LogP contribution in [-0.2, 0) is 19.5 Å². The first-order valence-corrected chi connectivity index (χ1v) is 10.6. The van der Waals surface area contributed by atoms with Crippen LogP contribution in [0.15, 0.2) is 5.38 Å². The zero-order valence-corrected chi connectivity index (χ0v) is 15.8. The molecule has 1 amide bonds. The lowest BCUT2D eigenvalue weighted by atomic mass is 9.99. The number of morpholine rings is 1. The monoisotopic (exact) mass is 387 g/mol. The second-order valence-corrected chi connectivity index (χ2v) is 10.0. The molecule has 1 aromatic heterocycles. The van der Waals surface area contributed by atoms with Crippen molar-refractivity contribution < 1.29 is 22.7 Å². The van der Waals surface area contributed by atoms with Gasteiger partial charge in [-0.3, -0.25) is 4.79 Å². The van der Waals surface area contributed by atoms with E-state index in [-0.39, 0.29) is 25.1 Å². The Morgan fingerprint density at radius 1 is 1.52 bits per heavy atom. The molecule has 0 aromatic carbocycles. The number of carbonyl (C=O) groups is 1. The standard InChI is InChI=1S/C15H21N3O5S2/c1-10-16-12(7-24-10)14(19)17-6-11-5-13-15(8-17,23-11)9-18(3-4-22-2)25(13,20)21/h7,11,13H,3-6,8-9H2,1-2H3/t11-,13+,15+/m1/s1. The highest BCUT2D eigenvalue weighted by Gasteiger charge is 2.65. The number of aryl methyl sites for hydroxylation is 1. The Bertz CT molecular complexity index is 795. The molecule has 0 radical (unpaired) electrons. The molecule has 0 saturated carbocycles. The van der Waals surface area contributed by atoms with Crippen molar-refractivity contribution in [2.45, 2.75) is 30.3 Å². The first-order valence-electron chi connectivity index (χ1n) is 8.23. The summed E-state index contributed by atoms with van der Waals surface area (Å²) in [5, 5.41) is 2.00. The molecule has 3 fully saturated rings. The number of carbonyl (C=O) groups excluding carboxylic acids is 1. The molecule has 10 heteroatoms. The average molecular weight is 387 g/mol. The van der Waals surface area contributed by atoms with Crippen molar-refractivity contribution in [3.8, 4) is 0 Å². The van der Waals surface area contributed by atoms with Gasteiger partial charge in [0.1, 0.15) is 16.5 Å². The fourth-order valence-electron chi connectivity index (χ4n) is 4.12. The number of sulfonamides is 1. The summed E-state index contributed by atoms with van der Waals surface area (Å²) in [7, 11) is -1.89. The molecule has 25 heavy (non-hydrogen) atoms. The van der Waals surface area contributed by atoms with Gasteiger partial charge < -0.3 is 14.4 Å². The molecule has 0 unspecified atom stereocenters. The topological polar surface area (TPSA) is 89.0 Å². The Morgan fingerprint density at radius 3 is 3.00 bits per heavy atom. The number of fused-ring (bicyclic) bond motifs is 1. The molecule has 3 saturated heterocycles. The summed E-state index contributed by atoms with van der Waals surface area (Å²) in [6.45, 7) is 3.49. The summed E-state index contributed by atoms with van der Waals surface area (Å²) in [5.41, 5.74) is -0.412. The molecule has 3 aliphatic rings. The minimum atomic E-state index is -3.43. The Hall–Kier alpha value is -1.07. The van der Waals surface area contributed by atoms with Gasteiger partial charge in [0.15, 0.2) is 0 Å². The van der Waals surface area contributed by atoms with Crippen LogP contribution < -0.4 is 0 Å². The third-order valence-electron chi connectivity index (χ3n) is 5.18. The second kappa shape index (κ2) is 5.98. The fourth-order valence-corrected chi connectivity index (χ4v) is 7.00. The van der Waals surface area contributed by atoms with E-state index < -0.39 is 20.9 Å². The maximum absolute atomic E-state index is 12.8. The van der Waals surface area contributed by atoms with E-state index in [0.29, 0.717) is 31.8 Å². The predicted octanol–water partition coefficient (Wildman–Crippen LogP) is 0.0954. The van der Waals surface area contributed by atoms with Crippen LogP contribution in [0.25, 0.3) is 0 Å². The Morgan fingerprint density at radius 2 is 2.32 bits per heavy atom. The van der Waals surface area contributed by atoms with Crippen molar-refractivity contribution in [1.29, 1.82) is 0 Å². The number of hydrogen-bond donors (Lipinski definition) is 0. The van der Waals surface area contributed by atoms with Gasteiger partial charge in [0.2, 0.25) is 10.0 Å². The molecule has 0 aliphatic carbocycles. The molecule has 3 aliphatic heterocycles. The zero-order chi connectivity index (χ0) is 17.8. The van der Waals surface area contributed by atoms with Gasteiger partial charge in [0, 0.05) is 32.1 Å². The van der Waals surface area contributed by atoms with E-state index in [2.05, 4.69) is 4.98 Å². The molecule has 3 atom stereocenters. The summed E-state index contributed by atoms with van der Waals surface area (Å²) < 4.78 is 38.3. The first-order chi connectivity index (χ1) is 11.9. The first kappa shape index (κ1) is 17.3. The largest absolute Gasteiger partial charge is 0.383 e. The lowest BCUT2D eigenvalue weighted by Crippen LogP contribution is -2.56. The van der Waals surface area contributed by atoms with Crippen LogP contribution in [0.5, 0.6) is 0 Å². The lowest BCUT2D eigenvalue weighted by Gasteiger charge is -2.39. The molecule has 1 spiro atoms. The van der Waals surface area contributed by atoms with Gasteiger partial charge >= 0.3 is 0 Å². The highest BCUT2D eigenvalue weighted by molar-refractivity contribution is 7.90. The number of thiazole rings is 1. The minimum absolute atomic E-state index is 0.148. The molecule has 4 heterocycles. The maximum atomic E-state index is 12.8. The molecule has 8 nitrogen and oxygen atoms in total. The smallest absolute Gasteiger partial charge is 0.273 e. The SMILES string of the molecule is COCCN1C[C@@]23CN(C(=O)c4csc(C)n4)C[C@@H](C[C@@H]2S1(=O)=O)O3. The van der Waals surface area contributed by atoms with Gasteiger partial charge in [-0.05, 0) is 13.3 Å². The molecule has 1 aromatic rings. The number of hydrogen-bond acceptors (Lipinski definition) is 7. The van der Waals surface area contributed by atoms with Crippen LogP contribution in [0.4, 0.5) is 0 Å². The van der Waals surface area contributed by atoms with Crippen LogP contribution in [-0.4, -0.2) is 85.4 Å². The van der Waals surface area contributed by atoms with Crippen molar-refractivity contribution in [2.24, 2.45) is 0 Å². The van der Waals surface area contributed by atoms with E-state index in [0.717, 1.165) is 5.01 Å².